The van der Waals surface area contributed by atoms with E-state index in [0.717, 1.165) is 35.9 Å². The molecule has 6 nitrogen and oxygen atoms in total. The molecule has 1 aliphatic heterocycles. The number of carbonyl (C=O) groups is 1. The van der Waals surface area contributed by atoms with E-state index >= 15 is 0 Å². The maximum atomic E-state index is 12.3. The SMILES string of the molecule is O=C(Nc1ccccn1)N1CCN(Cc2csc(-c3ccccc3)n2)CC1. The van der Waals surface area contributed by atoms with E-state index in [9.17, 15) is 4.79 Å². The summed E-state index contributed by atoms with van der Waals surface area (Å²) in [5, 5.41) is 6.03. The van der Waals surface area contributed by atoms with Crippen LogP contribution in [0.5, 0.6) is 0 Å². The minimum atomic E-state index is -0.0895. The first-order valence-corrected chi connectivity index (χ1v) is 9.85. The maximum Gasteiger partial charge on any atom is 0.323 e. The van der Waals surface area contributed by atoms with E-state index < -0.39 is 0 Å². The fraction of sp³-hybridized carbons (Fsp3) is 0.250. The van der Waals surface area contributed by atoms with Crippen LogP contribution in [0.3, 0.4) is 0 Å². The molecule has 2 amide bonds. The van der Waals surface area contributed by atoms with E-state index in [0.29, 0.717) is 18.9 Å². The van der Waals surface area contributed by atoms with E-state index in [-0.39, 0.29) is 6.03 Å². The molecule has 138 valence electrons. The lowest BCUT2D eigenvalue weighted by Crippen LogP contribution is -2.49. The zero-order valence-electron chi connectivity index (χ0n) is 14.9. The monoisotopic (exact) mass is 379 g/mol. The second-order valence-corrected chi connectivity index (χ2v) is 7.28. The number of piperazine rings is 1. The first-order chi connectivity index (χ1) is 13.3. The van der Waals surface area contributed by atoms with Crippen molar-refractivity contribution in [1.82, 2.24) is 19.8 Å². The van der Waals surface area contributed by atoms with Crippen LogP contribution in [-0.4, -0.2) is 52.0 Å². The highest BCUT2D eigenvalue weighted by atomic mass is 32.1. The van der Waals surface area contributed by atoms with Crippen molar-refractivity contribution in [3.63, 3.8) is 0 Å². The lowest BCUT2D eigenvalue weighted by molar-refractivity contribution is 0.142. The summed E-state index contributed by atoms with van der Waals surface area (Å²) in [4.78, 5) is 25.4. The fourth-order valence-electron chi connectivity index (χ4n) is 3.06. The Labute approximate surface area is 162 Å². The van der Waals surface area contributed by atoms with Gasteiger partial charge in [0.15, 0.2) is 0 Å². The second-order valence-electron chi connectivity index (χ2n) is 6.42. The highest BCUT2D eigenvalue weighted by molar-refractivity contribution is 7.13. The molecule has 1 fully saturated rings. The van der Waals surface area contributed by atoms with Crippen LogP contribution in [0.4, 0.5) is 10.6 Å². The number of pyridine rings is 1. The smallest absolute Gasteiger partial charge is 0.322 e. The molecule has 27 heavy (non-hydrogen) atoms. The largest absolute Gasteiger partial charge is 0.323 e. The molecule has 0 unspecified atom stereocenters. The van der Waals surface area contributed by atoms with Crippen LogP contribution in [0, 0.1) is 0 Å². The lowest BCUT2D eigenvalue weighted by Gasteiger charge is -2.34. The molecule has 0 saturated carbocycles. The van der Waals surface area contributed by atoms with Gasteiger partial charge in [-0.25, -0.2) is 14.8 Å². The lowest BCUT2D eigenvalue weighted by atomic mass is 10.2. The van der Waals surface area contributed by atoms with Crippen LogP contribution in [0.15, 0.2) is 60.1 Å². The number of anilines is 1. The van der Waals surface area contributed by atoms with Crippen molar-refractivity contribution in [3.8, 4) is 10.6 Å². The fourth-order valence-corrected chi connectivity index (χ4v) is 3.87. The van der Waals surface area contributed by atoms with Crippen molar-refractivity contribution in [2.24, 2.45) is 0 Å². The molecule has 1 aliphatic rings. The summed E-state index contributed by atoms with van der Waals surface area (Å²) in [6.07, 6.45) is 1.67. The third-order valence-electron chi connectivity index (χ3n) is 4.52. The minimum Gasteiger partial charge on any atom is -0.322 e. The van der Waals surface area contributed by atoms with Crippen LogP contribution >= 0.6 is 11.3 Å². The summed E-state index contributed by atoms with van der Waals surface area (Å²) in [5.74, 6) is 0.584. The van der Waals surface area contributed by atoms with Gasteiger partial charge in [0.1, 0.15) is 10.8 Å². The zero-order chi connectivity index (χ0) is 18.5. The molecular weight excluding hydrogens is 358 g/mol. The third-order valence-corrected chi connectivity index (χ3v) is 5.46. The molecule has 2 aromatic heterocycles. The summed E-state index contributed by atoms with van der Waals surface area (Å²) in [5.41, 5.74) is 2.25. The maximum absolute atomic E-state index is 12.3. The Kier molecular flexibility index (Phi) is 5.41. The van der Waals surface area contributed by atoms with Gasteiger partial charge in [0.25, 0.3) is 0 Å². The number of carbonyl (C=O) groups excluding carboxylic acids is 1. The van der Waals surface area contributed by atoms with E-state index in [1.807, 2.05) is 35.2 Å². The average molecular weight is 379 g/mol. The number of nitrogens with one attached hydrogen (secondary N) is 1. The standard InChI is InChI=1S/C20H21N5OS/c26-20(23-18-8-4-5-9-21-18)25-12-10-24(11-13-25)14-17-15-27-19(22-17)16-6-2-1-3-7-16/h1-9,15H,10-14H2,(H,21,23,26). The van der Waals surface area contributed by atoms with E-state index in [1.165, 1.54) is 0 Å². The molecule has 0 radical (unpaired) electrons. The van der Waals surface area contributed by atoms with E-state index in [4.69, 9.17) is 4.98 Å². The number of thiazole rings is 1. The summed E-state index contributed by atoms with van der Waals surface area (Å²) < 4.78 is 0. The Morgan fingerprint density at radius 1 is 1.04 bits per heavy atom. The van der Waals surface area contributed by atoms with Gasteiger partial charge >= 0.3 is 6.03 Å². The number of benzene rings is 1. The number of urea groups is 1. The molecule has 1 saturated heterocycles. The van der Waals surface area contributed by atoms with Crippen molar-refractivity contribution < 1.29 is 4.79 Å². The van der Waals surface area contributed by atoms with Crippen molar-refractivity contribution in [3.05, 3.63) is 65.8 Å². The van der Waals surface area contributed by atoms with E-state index in [1.54, 1.807) is 23.6 Å². The molecular formula is C20H21N5OS. The van der Waals surface area contributed by atoms with Gasteiger partial charge in [-0.3, -0.25) is 10.2 Å². The summed E-state index contributed by atoms with van der Waals surface area (Å²) >= 11 is 1.68. The molecule has 0 spiro atoms. The Hall–Kier alpha value is -2.77. The van der Waals surface area contributed by atoms with Crippen molar-refractivity contribution in [2.45, 2.75) is 6.54 Å². The van der Waals surface area contributed by atoms with Crippen LogP contribution in [-0.2, 0) is 6.54 Å². The van der Waals surface area contributed by atoms with Gasteiger partial charge in [0.2, 0.25) is 0 Å². The van der Waals surface area contributed by atoms with Gasteiger partial charge in [-0.1, -0.05) is 36.4 Å². The minimum absolute atomic E-state index is 0.0895. The van der Waals surface area contributed by atoms with Crippen LogP contribution < -0.4 is 5.32 Å². The predicted molar refractivity (Wildman–Crippen MR) is 108 cm³/mol. The molecule has 4 rings (SSSR count). The number of nitrogens with zero attached hydrogens (tertiary/aromatic N) is 4. The molecule has 1 N–H and O–H groups in total. The molecule has 1 aromatic carbocycles. The highest BCUT2D eigenvalue weighted by Gasteiger charge is 2.22. The number of hydrogen-bond donors (Lipinski definition) is 1. The third kappa shape index (κ3) is 4.50. The number of hydrogen-bond acceptors (Lipinski definition) is 5. The van der Waals surface area contributed by atoms with E-state index in [2.05, 4.69) is 32.7 Å². The topological polar surface area (TPSA) is 61.4 Å². The Balaban J connectivity index is 1.28. The van der Waals surface area contributed by atoms with Gasteiger partial charge in [-0.05, 0) is 12.1 Å². The highest BCUT2D eigenvalue weighted by Crippen LogP contribution is 2.24. The van der Waals surface area contributed by atoms with Crippen LogP contribution in [0.2, 0.25) is 0 Å². The molecule has 0 aliphatic carbocycles. The van der Waals surface area contributed by atoms with Gasteiger partial charge in [0.05, 0.1) is 5.69 Å². The predicted octanol–water partition coefficient (Wildman–Crippen LogP) is 3.55. The first kappa shape index (κ1) is 17.6. The van der Waals surface area contributed by atoms with Gasteiger partial charge in [-0.2, -0.15) is 0 Å². The molecule has 3 heterocycles. The van der Waals surface area contributed by atoms with Gasteiger partial charge in [-0.15, -0.1) is 11.3 Å². The van der Waals surface area contributed by atoms with Crippen molar-refractivity contribution in [2.75, 3.05) is 31.5 Å². The Morgan fingerprint density at radius 3 is 2.56 bits per heavy atom. The zero-order valence-corrected chi connectivity index (χ0v) is 15.7. The summed E-state index contributed by atoms with van der Waals surface area (Å²) in [7, 11) is 0. The normalized spacial score (nSPS) is 14.9. The molecule has 0 atom stereocenters. The quantitative estimate of drug-likeness (QED) is 0.753. The van der Waals surface area contributed by atoms with Crippen LogP contribution in [0.25, 0.3) is 10.6 Å². The van der Waals surface area contributed by atoms with Crippen molar-refractivity contribution >= 4 is 23.2 Å². The number of aromatic nitrogens is 2. The first-order valence-electron chi connectivity index (χ1n) is 8.97. The number of amides is 2. The summed E-state index contributed by atoms with van der Waals surface area (Å²) in [6.45, 7) is 3.91. The Bertz CT molecular complexity index is 876. The van der Waals surface area contributed by atoms with Crippen LogP contribution in [0.1, 0.15) is 5.69 Å². The summed E-state index contributed by atoms with van der Waals surface area (Å²) in [6, 6.07) is 15.6. The molecule has 7 heteroatoms. The van der Waals surface area contributed by atoms with Gasteiger partial charge < -0.3 is 4.90 Å². The molecule has 3 aromatic rings. The van der Waals surface area contributed by atoms with Gasteiger partial charge in [0, 0.05) is 49.9 Å². The Morgan fingerprint density at radius 2 is 1.81 bits per heavy atom. The molecule has 0 bridgehead atoms. The average Bonchev–Trinajstić information content (AvgIpc) is 3.18. The second kappa shape index (κ2) is 8.28. The van der Waals surface area contributed by atoms with Crippen molar-refractivity contribution in [1.29, 1.82) is 0 Å². The number of rotatable bonds is 4.